The Morgan fingerprint density at radius 1 is 1.08 bits per heavy atom. The highest BCUT2D eigenvalue weighted by Crippen LogP contribution is 2.41. The van der Waals surface area contributed by atoms with Crippen LogP contribution in [0.3, 0.4) is 0 Å². The SMILES string of the molecule is CCN(CC)c1ccc(C2C(C(=O)c3cc4cc(Cl)ccc4o3)=C(O)C(=O)N2Cc2ccccn2)cc1. The normalized spacial score (nSPS) is 15.6. The van der Waals surface area contributed by atoms with Crippen molar-refractivity contribution in [2.75, 3.05) is 18.0 Å². The van der Waals surface area contributed by atoms with Crippen molar-refractivity contribution in [2.24, 2.45) is 0 Å². The third-order valence-electron chi connectivity index (χ3n) is 6.65. The number of aromatic nitrogens is 1. The molecule has 0 bridgehead atoms. The highest BCUT2D eigenvalue weighted by Gasteiger charge is 2.44. The number of halogens is 1. The zero-order valence-corrected chi connectivity index (χ0v) is 21.3. The van der Waals surface area contributed by atoms with Crippen LogP contribution in [-0.4, -0.2) is 39.8 Å². The Bertz CT molecular complexity index is 1490. The maximum Gasteiger partial charge on any atom is 0.290 e. The van der Waals surface area contributed by atoms with Gasteiger partial charge in [0.05, 0.1) is 23.9 Å². The molecule has 0 saturated heterocycles. The topological polar surface area (TPSA) is 86.9 Å². The number of benzene rings is 2. The van der Waals surface area contributed by atoms with Crippen LogP contribution in [0.5, 0.6) is 0 Å². The summed E-state index contributed by atoms with van der Waals surface area (Å²) in [5.41, 5.74) is 2.83. The molecule has 37 heavy (non-hydrogen) atoms. The maximum atomic E-state index is 13.8. The molecule has 1 unspecified atom stereocenters. The summed E-state index contributed by atoms with van der Waals surface area (Å²) in [7, 11) is 0. The standard InChI is InChI=1S/C29H26ClN3O4/c1-3-32(4-2)22-11-8-18(9-12-22)26-25(27(34)24-16-19-15-20(30)10-13-23(19)37-24)28(35)29(36)33(26)17-21-7-5-6-14-31-21/h5-16,26,35H,3-4,17H2,1-2H3. The van der Waals surface area contributed by atoms with E-state index in [1.54, 1.807) is 42.6 Å². The van der Waals surface area contributed by atoms with E-state index in [4.69, 9.17) is 16.0 Å². The number of aliphatic hydroxyl groups is 1. The molecule has 5 rings (SSSR count). The molecule has 0 fully saturated rings. The van der Waals surface area contributed by atoms with E-state index in [1.807, 2.05) is 30.3 Å². The van der Waals surface area contributed by atoms with Crippen LogP contribution >= 0.6 is 11.6 Å². The summed E-state index contributed by atoms with van der Waals surface area (Å²) in [5.74, 6) is -1.75. The number of anilines is 1. The fraction of sp³-hybridized carbons (Fsp3) is 0.207. The predicted molar refractivity (Wildman–Crippen MR) is 143 cm³/mol. The van der Waals surface area contributed by atoms with Crippen molar-refractivity contribution in [3.63, 3.8) is 0 Å². The Kier molecular flexibility index (Phi) is 6.72. The second-order valence-corrected chi connectivity index (χ2v) is 9.24. The molecule has 1 aliphatic rings. The number of hydrogen-bond donors (Lipinski definition) is 1. The number of carbonyl (C=O) groups excluding carboxylic acids is 2. The fourth-order valence-electron chi connectivity index (χ4n) is 4.78. The second-order valence-electron chi connectivity index (χ2n) is 8.80. The van der Waals surface area contributed by atoms with Gasteiger partial charge in [0, 0.05) is 35.4 Å². The number of nitrogens with zero attached hydrogens (tertiary/aromatic N) is 3. The second kappa shape index (κ2) is 10.1. The Morgan fingerprint density at radius 3 is 2.51 bits per heavy atom. The van der Waals surface area contributed by atoms with Crippen LogP contribution in [-0.2, 0) is 11.3 Å². The van der Waals surface area contributed by atoms with E-state index in [0.717, 1.165) is 18.8 Å². The number of aliphatic hydroxyl groups excluding tert-OH is 1. The highest BCUT2D eigenvalue weighted by atomic mass is 35.5. The summed E-state index contributed by atoms with van der Waals surface area (Å²) in [4.78, 5) is 35.1. The zero-order valence-electron chi connectivity index (χ0n) is 20.5. The summed E-state index contributed by atoms with van der Waals surface area (Å²) in [6.45, 7) is 5.99. The van der Waals surface area contributed by atoms with E-state index in [1.165, 1.54) is 4.90 Å². The Hall–Kier alpha value is -4.10. The van der Waals surface area contributed by atoms with Crippen LogP contribution < -0.4 is 4.90 Å². The number of fused-ring (bicyclic) bond motifs is 1. The number of carbonyl (C=O) groups is 2. The molecule has 3 heterocycles. The van der Waals surface area contributed by atoms with Crippen LogP contribution in [0.2, 0.25) is 5.02 Å². The summed E-state index contributed by atoms with van der Waals surface area (Å²) in [5, 5.41) is 12.2. The number of ketones is 1. The fourth-order valence-corrected chi connectivity index (χ4v) is 4.96. The first-order chi connectivity index (χ1) is 17.9. The van der Waals surface area contributed by atoms with Crippen LogP contribution in [0.15, 0.2) is 88.7 Å². The smallest absolute Gasteiger partial charge is 0.290 e. The van der Waals surface area contributed by atoms with Crippen molar-refractivity contribution >= 4 is 39.9 Å². The molecule has 188 valence electrons. The van der Waals surface area contributed by atoms with Gasteiger partial charge in [-0.2, -0.15) is 0 Å². The molecular formula is C29H26ClN3O4. The maximum absolute atomic E-state index is 13.8. The largest absolute Gasteiger partial charge is 0.503 e. The van der Waals surface area contributed by atoms with Gasteiger partial charge in [-0.15, -0.1) is 0 Å². The number of pyridine rings is 1. The van der Waals surface area contributed by atoms with E-state index in [0.29, 0.717) is 27.2 Å². The van der Waals surface area contributed by atoms with Crippen molar-refractivity contribution in [3.8, 4) is 0 Å². The van der Waals surface area contributed by atoms with Gasteiger partial charge in [0.25, 0.3) is 5.91 Å². The van der Waals surface area contributed by atoms with Gasteiger partial charge in [-0.1, -0.05) is 29.8 Å². The molecule has 1 aliphatic heterocycles. The van der Waals surface area contributed by atoms with Gasteiger partial charge in [-0.3, -0.25) is 14.6 Å². The van der Waals surface area contributed by atoms with E-state index in [2.05, 4.69) is 23.7 Å². The Labute approximate surface area is 219 Å². The lowest BCUT2D eigenvalue weighted by Gasteiger charge is -2.27. The zero-order chi connectivity index (χ0) is 26.1. The van der Waals surface area contributed by atoms with Crippen molar-refractivity contribution in [3.05, 3.63) is 106 Å². The molecule has 0 saturated carbocycles. The van der Waals surface area contributed by atoms with Crippen LogP contribution in [0, 0.1) is 0 Å². The van der Waals surface area contributed by atoms with E-state index >= 15 is 0 Å². The molecule has 0 aliphatic carbocycles. The first-order valence-corrected chi connectivity index (χ1v) is 12.5. The molecule has 8 heteroatoms. The molecule has 0 radical (unpaired) electrons. The molecule has 1 amide bonds. The van der Waals surface area contributed by atoms with Gasteiger partial charge in [-0.05, 0) is 67.9 Å². The van der Waals surface area contributed by atoms with Crippen molar-refractivity contribution in [1.82, 2.24) is 9.88 Å². The van der Waals surface area contributed by atoms with Gasteiger partial charge >= 0.3 is 0 Å². The van der Waals surface area contributed by atoms with Crippen LogP contribution in [0.25, 0.3) is 11.0 Å². The molecule has 1 atom stereocenters. The summed E-state index contributed by atoms with van der Waals surface area (Å²) < 4.78 is 5.80. The highest BCUT2D eigenvalue weighted by molar-refractivity contribution is 6.31. The van der Waals surface area contributed by atoms with Gasteiger partial charge in [-0.25, -0.2) is 0 Å². The minimum absolute atomic E-state index is 0.0241. The minimum Gasteiger partial charge on any atom is -0.503 e. The third-order valence-corrected chi connectivity index (χ3v) is 6.88. The number of Topliss-reactive ketones (excluding diaryl/α,β-unsaturated/α-hetero) is 1. The van der Waals surface area contributed by atoms with Crippen molar-refractivity contribution in [1.29, 1.82) is 0 Å². The van der Waals surface area contributed by atoms with E-state index in [9.17, 15) is 14.7 Å². The minimum atomic E-state index is -0.815. The van der Waals surface area contributed by atoms with Crippen LogP contribution in [0.4, 0.5) is 5.69 Å². The van der Waals surface area contributed by atoms with Crippen LogP contribution in [0.1, 0.15) is 41.7 Å². The van der Waals surface area contributed by atoms with Gasteiger partial charge in [0.2, 0.25) is 5.78 Å². The molecule has 1 N–H and O–H groups in total. The van der Waals surface area contributed by atoms with E-state index in [-0.39, 0.29) is 17.9 Å². The lowest BCUT2D eigenvalue weighted by atomic mass is 9.94. The Balaban J connectivity index is 1.58. The lowest BCUT2D eigenvalue weighted by Crippen LogP contribution is -2.31. The first-order valence-electron chi connectivity index (χ1n) is 12.1. The van der Waals surface area contributed by atoms with E-state index < -0.39 is 23.5 Å². The molecule has 4 aromatic rings. The number of furan rings is 1. The number of hydrogen-bond acceptors (Lipinski definition) is 6. The average Bonchev–Trinajstić information content (AvgIpc) is 3.44. The summed E-state index contributed by atoms with van der Waals surface area (Å²) in [6.07, 6.45) is 1.64. The van der Waals surface area contributed by atoms with Gasteiger partial charge in [0.15, 0.2) is 11.5 Å². The average molecular weight is 516 g/mol. The summed E-state index contributed by atoms with van der Waals surface area (Å²) in [6, 6.07) is 18.9. The van der Waals surface area contributed by atoms with Crippen molar-refractivity contribution < 1.29 is 19.1 Å². The Morgan fingerprint density at radius 2 is 1.84 bits per heavy atom. The monoisotopic (exact) mass is 515 g/mol. The predicted octanol–water partition coefficient (Wildman–Crippen LogP) is 6.11. The molecule has 2 aromatic heterocycles. The summed E-state index contributed by atoms with van der Waals surface area (Å²) >= 11 is 6.10. The first kappa shape index (κ1) is 24.6. The van der Waals surface area contributed by atoms with Gasteiger partial charge < -0.3 is 19.3 Å². The molecule has 0 spiro atoms. The van der Waals surface area contributed by atoms with Gasteiger partial charge in [0.1, 0.15) is 5.58 Å². The molecular weight excluding hydrogens is 490 g/mol. The molecule has 2 aromatic carbocycles. The lowest BCUT2D eigenvalue weighted by molar-refractivity contribution is -0.130. The third kappa shape index (κ3) is 4.58. The number of amides is 1. The number of rotatable bonds is 8. The molecule has 7 nitrogen and oxygen atoms in total. The van der Waals surface area contributed by atoms with Crippen molar-refractivity contribution in [2.45, 2.75) is 26.4 Å². The quantitative estimate of drug-likeness (QED) is 0.285.